The third-order valence-electron chi connectivity index (χ3n) is 5.17. The van der Waals surface area contributed by atoms with Gasteiger partial charge in [-0.05, 0) is 49.2 Å². The van der Waals surface area contributed by atoms with E-state index in [4.69, 9.17) is 16.3 Å². The molecule has 1 aliphatic heterocycles. The average molecular weight is 416 g/mol. The zero-order valence-electron chi connectivity index (χ0n) is 16.9. The van der Waals surface area contributed by atoms with Gasteiger partial charge in [0.25, 0.3) is 5.91 Å². The number of methoxy groups -OCH3 is 1. The lowest BCUT2D eigenvalue weighted by atomic mass is 9.95. The number of halogens is 1. The molecule has 2 aromatic carbocycles. The van der Waals surface area contributed by atoms with Crippen molar-refractivity contribution in [1.29, 1.82) is 0 Å². The number of amides is 2. The summed E-state index contributed by atoms with van der Waals surface area (Å²) in [6.45, 7) is 1.09. The van der Waals surface area contributed by atoms with E-state index in [9.17, 15) is 9.59 Å². The van der Waals surface area contributed by atoms with Crippen LogP contribution in [-0.4, -0.2) is 51.0 Å². The third-order valence-corrected chi connectivity index (χ3v) is 5.40. The molecule has 0 atom stereocenters. The second-order valence-corrected chi connectivity index (χ2v) is 7.78. The summed E-state index contributed by atoms with van der Waals surface area (Å²) in [5, 5.41) is 3.58. The van der Waals surface area contributed by atoms with E-state index >= 15 is 0 Å². The standard InChI is InChI=1S/C22H26ClN3O3/c1-25(2)20-8-7-17(23)14-19(20)24-21(27)15-9-11-26(12-10-15)22(28)16-5-4-6-18(13-16)29-3/h4-8,13-15H,9-12H2,1-3H3,(H,24,27). The lowest BCUT2D eigenvalue weighted by molar-refractivity contribution is -0.121. The number of nitrogens with one attached hydrogen (secondary N) is 1. The van der Waals surface area contributed by atoms with Crippen molar-refractivity contribution in [3.63, 3.8) is 0 Å². The molecule has 1 fully saturated rings. The van der Waals surface area contributed by atoms with E-state index in [1.54, 1.807) is 42.3 Å². The van der Waals surface area contributed by atoms with Gasteiger partial charge < -0.3 is 19.9 Å². The predicted molar refractivity (Wildman–Crippen MR) is 116 cm³/mol. The summed E-state index contributed by atoms with van der Waals surface area (Å²) in [5.41, 5.74) is 2.19. The van der Waals surface area contributed by atoms with Crippen LogP contribution in [0, 0.1) is 5.92 Å². The summed E-state index contributed by atoms with van der Waals surface area (Å²) in [6, 6.07) is 12.6. The van der Waals surface area contributed by atoms with Crippen molar-refractivity contribution < 1.29 is 14.3 Å². The Labute approximate surface area is 176 Å². The highest BCUT2D eigenvalue weighted by molar-refractivity contribution is 6.31. The van der Waals surface area contributed by atoms with Crippen molar-refractivity contribution in [2.45, 2.75) is 12.8 Å². The summed E-state index contributed by atoms with van der Waals surface area (Å²) in [5.74, 6) is 0.443. The van der Waals surface area contributed by atoms with E-state index in [1.807, 2.05) is 31.1 Å². The van der Waals surface area contributed by atoms with Gasteiger partial charge in [0.2, 0.25) is 5.91 Å². The van der Waals surface area contributed by atoms with Gasteiger partial charge >= 0.3 is 0 Å². The molecule has 7 heteroatoms. The van der Waals surface area contributed by atoms with Gasteiger partial charge in [0.1, 0.15) is 5.75 Å². The van der Waals surface area contributed by atoms with Crippen molar-refractivity contribution >= 4 is 34.8 Å². The number of hydrogen-bond acceptors (Lipinski definition) is 4. The molecule has 1 heterocycles. The van der Waals surface area contributed by atoms with Crippen LogP contribution in [0.1, 0.15) is 23.2 Å². The second-order valence-electron chi connectivity index (χ2n) is 7.34. The quantitative estimate of drug-likeness (QED) is 0.804. The average Bonchev–Trinajstić information content (AvgIpc) is 2.73. The Bertz CT molecular complexity index is 893. The number of benzene rings is 2. The zero-order valence-corrected chi connectivity index (χ0v) is 17.7. The first kappa shape index (κ1) is 21.0. The molecule has 0 saturated carbocycles. The smallest absolute Gasteiger partial charge is 0.253 e. The molecule has 0 aromatic heterocycles. The maximum Gasteiger partial charge on any atom is 0.253 e. The highest BCUT2D eigenvalue weighted by Crippen LogP contribution is 2.29. The Morgan fingerprint density at radius 3 is 2.52 bits per heavy atom. The predicted octanol–water partition coefficient (Wildman–Crippen LogP) is 3.91. The topological polar surface area (TPSA) is 61.9 Å². The van der Waals surface area contributed by atoms with Crippen LogP contribution in [-0.2, 0) is 4.79 Å². The highest BCUT2D eigenvalue weighted by Gasteiger charge is 2.28. The number of rotatable bonds is 5. The van der Waals surface area contributed by atoms with E-state index in [1.165, 1.54) is 0 Å². The minimum absolute atomic E-state index is 0.0347. The van der Waals surface area contributed by atoms with E-state index in [0.717, 1.165) is 5.69 Å². The number of carbonyl (C=O) groups excluding carboxylic acids is 2. The van der Waals surface area contributed by atoms with Crippen LogP contribution in [0.15, 0.2) is 42.5 Å². The van der Waals surface area contributed by atoms with Gasteiger partial charge in [-0.3, -0.25) is 9.59 Å². The van der Waals surface area contributed by atoms with Crippen molar-refractivity contribution in [1.82, 2.24) is 4.90 Å². The molecule has 154 valence electrons. The van der Waals surface area contributed by atoms with E-state index < -0.39 is 0 Å². The van der Waals surface area contributed by atoms with Gasteiger partial charge in [0.15, 0.2) is 0 Å². The number of likely N-dealkylation sites (tertiary alicyclic amines) is 1. The number of anilines is 2. The lowest BCUT2D eigenvalue weighted by Crippen LogP contribution is -2.41. The van der Waals surface area contributed by atoms with Crippen molar-refractivity contribution in [2.75, 3.05) is 44.5 Å². The molecule has 29 heavy (non-hydrogen) atoms. The van der Waals surface area contributed by atoms with Crippen LogP contribution < -0.4 is 15.0 Å². The van der Waals surface area contributed by atoms with Gasteiger partial charge in [-0.2, -0.15) is 0 Å². The summed E-state index contributed by atoms with van der Waals surface area (Å²) in [7, 11) is 5.42. The maximum atomic E-state index is 12.8. The highest BCUT2D eigenvalue weighted by atomic mass is 35.5. The molecule has 0 aliphatic carbocycles. The van der Waals surface area contributed by atoms with Gasteiger partial charge in [-0.1, -0.05) is 17.7 Å². The lowest BCUT2D eigenvalue weighted by Gasteiger charge is -2.31. The maximum absolute atomic E-state index is 12.8. The molecule has 0 unspecified atom stereocenters. The van der Waals surface area contributed by atoms with Crippen LogP contribution in [0.3, 0.4) is 0 Å². The molecule has 3 rings (SSSR count). The zero-order chi connectivity index (χ0) is 21.0. The molecular weight excluding hydrogens is 390 g/mol. The molecule has 6 nitrogen and oxygen atoms in total. The Hall–Kier alpha value is -2.73. The van der Waals surface area contributed by atoms with Crippen LogP contribution in [0.2, 0.25) is 5.02 Å². The van der Waals surface area contributed by atoms with Crippen LogP contribution in [0.25, 0.3) is 0 Å². The second kappa shape index (κ2) is 9.18. The monoisotopic (exact) mass is 415 g/mol. The SMILES string of the molecule is COc1cccc(C(=O)N2CCC(C(=O)Nc3cc(Cl)ccc3N(C)C)CC2)c1. The number of nitrogens with zero attached hydrogens (tertiary/aromatic N) is 2. The first-order valence-electron chi connectivity index (χ1n) is 9.60. The number of piperidine rings is 1. The minimum atomic E-state index is -0.140. The molecule has 0 spiro atoms. The molecule has 2 amide bonds. The third kappa shape index (κ3) is 5.01. The number of carbonyl (C=O) groups is 2. The number of ether oxygens (including phenoxy) is 1. The van der Waals surface area contributed by atoms with E-state index in [2.05, 4.69) is 5.32 Å². The van der Waals surface area contributed by atoms with E-state index in [-0.39, 0.29) is 17.7 Å². The molecule has 1 aliphatic rings. The molecular formula is C22H26ClN3O3. The van der Waals surface area contributed by atoms with Crippen molar-refractivity contribution in [2.24, 2.45) is 5.92 Å². The molecule has 2 aromatic rings. The summed E-state index contributed by atoms with van der Waals surface area (Å²) in [4.78, 5) is 29.3. The van der Waals surface area contributed by atoms with Crippen LogP contribution in [0.4, 0.5) is 11.4 Å². The summed E-state index contributed by atoms with van der Waals surface area (Å²) < 4.78 is 5.20. The fraction of sp³-hybridized carbons (Fsp3) is 0.364. The van der Waals surface area contributed by atoms with Gasteiger partial charge in [-0.15, -0.1) is 0 Å². The fourth-order valence-electron chi connectivity index (χ4n) is 3.52. The van der Waals surface area contributed by atoms with Crippen molar-refractivity contribution in [3.8, 4) is 5.75 Å². The normalized spacial score (nSPS) is 14.4. The van der Waals surface area contributed by atoms with Gasteiger partial charge in [-0.25, -0.2) is 0 Å². The summed E-state index contributed by atoms with van der Waals surface area (Å²) in [6.07, 6.45) is 1.25. The molecule has 1 N–H and O–H groups in total. The Morgan fingerprint density at radius 2 is 1.86 bits per heavy atom. The van der Waals surface area contributed by atoms with Gasteiger partial charge in [0.05, 0.1) is 18.5 Å². The van der Waals surface area contributed by atoms with Crippen LogP contribution in [0.5, 0.6) is 5.75 Å². The van der Waals surface area contributed by atoms with Gasteiger partial charge in [0, 0.05) is 43.7 Å². The Morgan fingerprint density at radius 1 is 1.14 bits per heavy atom. The fourth-order valence-corrected chi connectivity index (χ4v) is 3.69. The molecule has 0 bridgehead atoms. The van der Waals surface area contributed by atoms with E-state index in [0.29, 0.717) is 48.0 Å². The Kier molecular flexibility index (Phi) is 6.64. The largest absolute Gasteiger partial charge is 0.497 e. The molecule has 0 radical (unpaired) electrons. The van der Waals surface area contributed by atoms with Crippen molar-refractivity contribution in [3.05, 3.63) is 53.1 Å². The van der Waals surface area contributed by atoms with Crippen LogP contribution >= 0.6 is 11.6 Å². The molecule has 1 saturated heterocycles. The first-order chi connectivity index (χ1) is 13.9. The number of hydrogen-bond donors (Lipinski definition) is 1. The summed E-state index contributed by atoms with van der Waals surface area (Å²) >= 11 is 6.10. The first-order valence-corrected chi connectivity index (χ1v) is 9.98. The Balaban J connectivity index is 1.61. The minimum Gasteiger partial charge on any atom is -0.497 e.